The number of anilines is 1. The number of halogens is 1. The molecule has 21 heavy (non-hydrogen) atoms. The van der Waals surface area contributed by atoms with E-state index in [1.54, 1.807) is 6.20 Å². The number of rotatable bonds is 7. The Hall–Kier alpha value is -1.58. The molecule has 1 heterocycles. The summed E-state index contributed by atoms with van der Waals surface area (Å²) >= 11 is 6.19. The van der Waals surface area contributed by atoms with Crippen LogP contribution in [0.2, 0.25) is 5.02 Å². The van der Waals surface area contributed by atoms with Crippen LogP contribution in [0, 0.1) is 0 Å². The molecule has 0 spiro atoms. The van der Waals surface area contributed by atoms with Crippen molar-refractivity contribution < 1.29 is 0 Å². The van der Waals surface area contributed by atoms with Crippen LogP contribution in [0.4, 0.5) is 5.82 Å². The van der Waals surface area contributed by atoms with Crippen molar-refractivity contribution in [1.82, 2.24) is 10.3 Å². The van der Waals surface area contributed by atoms with Gasteiger partial charge >= 0.3 is 0 Å². The zero-order valence-electron chi connectivity index (χ0n) is 12.6. The summed E-state index contributed by atoms with van der Waals surface area (Å²) in [6.07, 6.45) is 2.74. The van der Waals surface area contributed by atoms with Crippen LogP contribution in [0.25, 0.3) is 0 Å². The van der Waals surface area contributed by atoms with Crippen LogP contribution in [-0.4, -0.2) is 25.1 Å². The van der Waals surface area contributed by atoms with Gasteiger partial charge in [-0.05, 0) is 30.2 Å². The topological polar surface area (TPSA) is 28.2 Å². The molecule has 0 aliphatic carbocycles. The lowest BCUT2D eigenvalue weighted by Gasteiger charge is -2.19. The highest BCUT2D eigenvalue weighted by Crippen LogP contribution is 2.20. The number of hydrogen-bond acceptors (Lipinski definition) is 3. The number of likely N-dealkylation sites (N-methyl/N-ethyl adjacent to an activating group) is 1. The van der Waals surface area contributed by atoms with E-state index < -0.39 is 0 Å². The highest BCUT2D eigenvalue weighted by atomic mass is 35.5. The van der Waals surface area contributed by atoms with Gasteiger partial charge in [-0.3, -0.25) is 0 Å². The molecule has 0 amide bonds. The SMILES string of the molecule is CCNCc1cc(N(C)CCc2ccccc2)ncc1Cl. The van der Waals surface area contributed by atoms with Gasteiger partial charge in [0, 0.05) is 26.3 Å². The maximum absolute atomic E-state index is 6.19. The van der Waals surface area contributed by atoms with Gasteiger partial charge < -0.3 is 10.2 Å². The minimum atomic E-state index is 0.719. The number of aromatic nitrogens is 1. The van der Waals surface area contributed by atoms with Crippen molar-refractivity contribution in [3.05, 3.63) is 58.7 Å². The summed E-state index contributed by atoms with van der Waals surface area (Å²) in [5, 5.41) is 4.02. The van der Waals surface area contributed by atoms with Crippen molar-refractivity contribution in [2.75, 3.05) is 25.0 Å². The van der Waals surface area contributed by atoms with E-state index in [-0.39, 0.29) is 0 Å². The minimum Gasteiger partial charge on any atom is -0.359 e. The molecule has 0 saturated carbocycles. The molecule has 0 aliphatic heterocycles. The molecule has 1 aromatic carbocycles. The summed E-state index contributed by atoms with van der Waals surface area (Å²) in [7, 11) is 2.07. The summed E-state index contributed by atoms with van der Waals surface area (Å²) in [5.74, 6) is 0.961. The van der Waals surface area contributed by atoms with Crippen molar-refractivity contribution in [2.45, 2.75) is 19.9 Å². The Balaban J connectivity index is 2.00. The van der Waals surface area contributed by atoms with Gasteiger partial charge in [0.2, 0.25) is 0 Å². The average Bonchev–Trinajstić information content (AvgIpc) is 2.53. The molecule has 1 N–H and O–H groups in total. The van der Waals surface area contributed by atoms with Gasteiger partial charge in [-0.2, -0.15) is 0 Å². The maximum Gasteiger partial charge on any atom is 0.128 e. The lowest BCUT2D eigenvalue weighted by atomic mass is 10.1. The third-order valence-corrected chi connectivity index (χ3v) is 3.80. The molecule has 0 bridgehead atoms. The molecule has 2 aromatic rings. The Labute approximate surface area is 132 Å². The number of nitrogens with one attached hydrogen (secondary N) is 1. The highest BCUT2D eigenvalue weighted by Gasteiger charge is 2.07. The fraction of sp³-hybridized carbons (Fsp3) is 0.353. The fourth-order valence-electron chi connectivity index (χ4n) is 2.13. The molecule has 0 unspecified atom stereocenters. The smallest absolute Gasteiger partial charge is 0.128 e. The van der Waals surface area contributed by atoms with Gasteiger partial charge in [0.1, 0.15) is 5.82 Å². The summed E-state index contributed by atoms with van der Waals surface area (Å²) in [6, 6.07) is 12.6. The van der Waals surface area contributed by atoms with E-state index in [0.717, 1.165) is 42.5 Å². The third-order valence-electron chi connectivity index (χ3n) is 3.46. The number of hydrogen-bond donors (Lipinski definition) is 1. The van der Waals surface area contributed by atoms with E-state index >= 15 is 0 Å². The van der Waals surface area contributed by atoms with E-state index in [4.69, 9.17) is 11.6 Å². The lowest BCUT2D eigenvalue weighted by Crippen LogP contribution is -2.22. The van der Waals surface area contributed by atoms with E-state index in [9.17, 15) is 0 Å². The molecule has 0 fully saturated rings. The molecule has 112 valence electrons. The molecule has 4 heteroatoms. The van der Waals surface area contributed by atoms with Crippen molar-refractivity contribution in [3.8, 4) is 0 Å². The van der Waals surface area contributed by atoms with Crippen molar-refractivity contribution in [1.29, 1.82) is 0 Å². The molecule has 1 aromatic heterocycles. The first-order chi connectivity index (χ1) is 10.2. The van der Waals surface area contributed by atoms with Gasteiger partial charge in [-0.15, -0.1) is 0 Å². The quantitative estimate of drug-likeness (QED) is 0.848. The Bertz CT molecular complexity index is 557. The molecule has 3 nitrogen and oxygen atoms in total. The predicted molar refractivity (Wildman–Crippen MR) is 90.0 cm³/mol. The van der Waals surface area contributed by atoms with Crippen molar-refractivity contribution >= 4 is 17.4 Å². The average molecular weight is 304 g/mol. The third kappa shape index (κ3) is 4.73. The van der Waals surface area contributed by atoms with Crippen molar-refractivity contribution in [2.24, 2.45) is 0 Å². The second-order valence-corrected chi connectivity index (χ2v) is 5.48. The second kappa shape index (κ2) is 8.01. The van der Waals surface area contributed by atoms with Gasteiger partial charge in [0.05, 0.1) is 5.02 Å². The maximum atomic E-state index is 6.19. The molecular formula is C17H22ClN3. The molecular weight excluding hydrogens is 282 g/mol. The van der Waals surface area contributed by atoms with Crippen LogP contribution in [0.15, 0.2) is 42.6 Å². The van der Waals surface area contributed by atoms with Crippen LogP contribution in [0.1, 0.15) is 18.1 Å². The predicted octanol–water partition coefficient (Wildman–Crippen LogP) is 3.52. The summed E-state index contributed by atoms with van der Waals surface area (Å²) < 4.78 is 0. The van der Waals surface area contributed by atoms with E-state index in [1.165, 1.54) is 5.56 Å². The fourth-order valence-corrected chi connectivity index (χ4v) is 2.30. The van der Waals surface area contributed by atoms with Crippen LogP contribution >= 0.6 is 11.6 Å². The molecule has 0 aliphatic rings. The largest absolute Gasteiger partial charge is 0.359 e. The Kier molecular flexibility index (Phi) is 6.03. The first kappa shape index (κ1) is 15.8. The van der Waals surface area contributed by atoms with Crippen molar-refractivity contribution in [3.63, 3.8) is 0 Å². The lowest BCUT2D eigenvalue weighted by molar-refractivity contribution is 0.725. The standard InChI is InChI=1S/C17H22ClN3/c1-3-19-12-15-11-17(20-13-16(15)18)21(2)10-9-14-7-5-4-6-8-14/h4-8,11,13,19H,3,9-10,12H2,1-2H3. The van der Waals surface area contributed by atoms with E-state index in [0.29, 0.717) is 0 Å². The van der Waals surface area contributed by atoms with Crippen LogP contribution in [0.3, 0.4) is 0 Å². The Morgan fingerprint density at radius 3 is 2.71 bits per heavy atom. The molecule has 2 rings (SSSR count). The number of benzene rings is 1. The van der Waals surface area contributed by atoms with Crippen LogP contribution < -0.4 is 10.2 Å². The normalized spacial score (nSPS) is 10.6. The summed E-state index contributed by atoms with van der Waals surface area (Å²) in [6.45, 7) is 4.72. The van der Waals surface area contributed by atoms with E-state index in [2.05, 4.69) is 59.5 Å². The van der Waals surface area contributed by atoms with E-state index in [1.807, 2.05) is 6.07 Å². The molecule has 0 radical (unpaired) electrons. The molecule has 0 atom stereocenters. The summed E-state index contributed by atoms with van der Waals surface area (Å²) in [5.41, 5.74) is 2.43. The first-order valence-electron chi connectivity index (χ1n) is 7.31. The zero-order valence-corrected chi connectivity index (χ0v) is 13.4. The van der Waals surface area contributed by atoms with Gasteiger partial charge in [-0.25, -0.2) is 4.98 Å². The highest BCUT2D eigenvalue weighted by molar-refractivity contribution is 6.31. The monoisotopic (exact) mass is 303 g/mol. The van der Waals surface area contributed by atoms with Crippen LogP contribution in [-0.2, 0) is 13.0 Å². The first-order valence-corrected chi connectivity index (χ1v) is 7.68. The minimum absolute atomic E-state index is 0.719. The Morgan fingerprint density at radius 2 is 2.00 bits per heavy atom. The number of pyridine rings is 1. The number of nitrogens with zero attached hydrogens (tertiary/aromatic N) is 2. The second-order valence-electron chi connectivity index (χ2n) is 5.07. The zero-order chi connectivity index (χ0) is 15.1. The van der Waals surface area contributed by atoms with Crippen LogP contribution in [0.5, 0.6) is 0 Å². The molecule has 0 saturated heterocycles. The Morgan fingerprint density at radius 1 is 1.24 bits per heavy atom. The van der Waals surface area contributed by atoms with Gasteiger partial charge in [-0.1, -0.05) is 48.9 Å². The van der Waals surface area contributed by atoms with Gasteiger partial charge in [0.15, 0.2) is 0 Å². The summed E-state index contributed by atoms with van der Waals surface area (Å²) in [4.78, 5) is 6.59. The van der Waals surface area contributed by atoms with Gasteiger partial charge in [0.25, 0.3) is 0 Å².